The number of hydrogen-bond acceptors (Lipinski definition) is 4. The van der Waals surface area contributed by atoms with Crippen molar-refractivity contribution in [3.05, 3.63) is 118 Å². The van der Waals surface area contributed by atoms with Gasteiger partial charge in [0.2, 0.25) is 15.9 Å². The van der Waals surface area contributed by atoms with Crippen LogP contribution < -0.4 is 10.1 Å². The topological polar surface area (TPSA) is 75.7 Å². The Morgan fingerprint density at radius 1 is 0.929 bits per heavy atom. The maximum atomic E-state index is 14.4. The van der Waals surface area contributed by atoms with Crippen molar-refractivity contribution in [1.82, 2.24) is 4.31 Å². The molecule has 218 valence electrons. The minimum Gasteiger partial charge on any atom is -0.457 e. The second-order valence-corrected chi connectivity index (χ2v) is 11.9. The summed E-state index contributed by atoms with van der Waals surface area (Å²) < 4.78 is 87.5. The summed E-state index contributed by atoms with van der Waals surface area (Å²) in [5, 5.41) is 2.75. The van der Waals surface area contributed by atoms with E-state index in [1.54, 1.807) is 30.3 Å². The van der Waals surface area contributed by atoms with E-state index in [1.165, 1.54) is 22.5 Å². The van der Waals surface area contributed by atoms with Crippen molar-refractivity contribution in [2.24, 2.45) is 0 Å². The molecule has 0 bridgehead atoms. The van der Waals surface area contributed by atoms with Gasteiger partial charge in [-0.2, -0.15) is 17.5 Å². The Morgan fingerprint density at radius 2 is 1.62 bits per heavy atom. The average molecular weight is 619 g/mol. The van der Waals surface area contributed by atoms with Crippen LogP contribution in [-0.4, -0.2) is 25.2 Å². The van der Waals surface area contributed by atoms with Gasteiger partial charge in [0.15, 0.2) is 0 Å². The van der Waals surface area contributed by atoms with Crippen LogP contribution in [0.4, 0.5) is 23.2 Å². The number of alkyl halides is 3. The number of carbonyl (C=O) groups excluding carboxylic acids is 1. The largest absolute Gasteiger partial charge is 0.457 e. The van der Waals surface area contributed by atoms with E-state index in [1.807, 2.05) is 18.2 Å². The summed E-state index contributed by atoms with van der Waals surface area (Å²) in [4.78, 5) is 12.8. The predicted octanol–water partition coefficient (Wildman–Crippen LogP) is 7.22. The number of fused-ring (bicyclic) bond motifs is 1. The summed E-state index contributed by atoms with van der Waals surface area (Å²) in [6.45, 7) is 0.0886. The summed E-state index contributed by atoms with van der Waals surface area (Å²) in [5.41, 5.74) is -0.466. The lowest BCUT2D eigenvalue weighted by Crippen LogP contribution is -2.36. The van der Waals surface area contributed by atoms with Gasteiger partial charge in [-0.25, -0.2) is 12.8 Å². The maximum Gasteiger partial charge on any atom is 0.419 e. The van der Waals surface area contributed by atoms with Gasteiger partial charge in [0, 0.05) is 13.1 Å². The molecular weight excluding hydrogens is 596 g/mol. The van der Waals surface area contributed by atoms with Gasteiger partial charge in [0.05, 0.1) is 27.6 Å². The van der Waals surface area contributed by atoms with E-state index in [0.29, 0.717) is 28.7 Å². The molecular formula is C30H23ClF4N2O4S. The molecule has 1 heterocycles. The molecule has 12 heteroatoms. The number of halogens is 5. The molecule has 42 heavy (non-hydrogen) atoms. The van der Waals surface area contributed by atoms with Gasteiger partial charge in [-0.05, 0) is 71.6 Å². The average Bonchev–Trinajstić information content (AvgIpc) is 2.95. The number of nitrogens with one attached hydrogen (secondary N) is 1. The first-order chi connectivity index (χ1) is 19.9. The van der Waals surface area contributed by atoms with Crippen molar-refractivity contribution < 1.29 is 35.5 Å². The highest BCUT2D eigenvalue weighted by Gasteiger charge is 2.35. The Labute approximate surface area is 244 Å². The molecule has 1 N–H and O–H groups in total. The highest BCUT2D eigenvalue weighted by molar-refractivity contribution is 7.89. The van der Waals surface area contributed by atoms with Crippen LogP contribution in [0.2, 0.25) is 5.02 Å². The summed E-state index contributed by atoms with van der Waals surface area (Å²) in [5.74, 6) is -1.19. The third kappa shape index (κ3) is 6.28. The molecule has 4 aromatic carbocycles. The van der Waals surface area contributed by atoms with Crippen molar-refractivity contribution in [3.63, 3.8) is 0 Å². The zero-order valence-electron chi connectivity index (χ0n) is 21.8. The van der Waals surface area contributed by atoms with E-state index in [-0.39, 0.29) is 35.1 Å². The van der Waals surface area contributed by atoms with Crippen LogP contribution in [0.3, 0.4) is 0 Å². The monoisotopic (exact) mass is 618 g/mol. The molecule has 6 nitrogen and oxygen atoms in total. The fourth-order valence-corrected chi connectivity index (χ4v) is 6.33. The molecule has 0 fully saturated rings. The summed E-state index contributed by atoms with van der Waals surface area (Å²) in [6, 6.07) is 21.0. The summed E-state index contributed by atoms with van der Waals surface area (Å²) >= 11 is 6.34. The quantitative estimate of drug-likeness (QED) is 0.222. The van der Waals surface area contributed by atoms with Crippen LogP contribution >= 0.6 is 11.6 Å². The number of carbonyl (C=O) groups is 1. The number of nitrogens with zero attached hydrogens (tertiary/aromatic N) is 1. The van der Waals surface area contributed by atoms with Gasteiger partial charge in [0.1, 0.15) is 17.3 Å². The SMILES string of the molecule is O=C(Cc1cccc(C(F)(F)F)c1F)Nc1c(Cl)ccc2c1CCN(S(=O)(=O)c1ccc(Oc3ccccc3)cc1)C2. The fraction of sp³-hybridized carbons (Fsp3) is 0.167. The molecule has 1 amide bonds. The van der Waals surface area contributed by atoms with Gasteiger partial charge in [-0.1, -0.05) is 48.0 Å². The molecule has 0 saturated carbocycles. The molecule has 1 aliphatic rings. The van der Waals surface area contributed by atoms with E-state index >= 15 is 0 Å². The summed E-state index contributed by atoms with van der Waals surface area (Å²) in [6.07, 6.45) is -5.35. The number of rotatable bonds is 7. The fourth-order valence-electron chi connectivity index (χ4n) is 4.69. The first-order valence-electron chi connectivity index (χ1n) is 12.7. The third-order valence-corrected chi connectivity index (χ3v) is 8.93. The Balaban J connectivity index is 1.31. The van der Waals surface area contributed by atoms with Crippen LogP contribution in [0.15, 0.2) is 89.8 Å². The smallest absolute Gasteiger partial charge is 0.419 e. The molecule has 0 spiro atoms. The van der Waals surface area contributed by atoms with Crippen molar-refractivity contribution in [3.8, 4) is 11.5 Å². The predicted molar refractivity (Wildman–Crippen MR) is 149 cm³/mol. The number of benzene rings is 4. The molecule has 4 aromatic rings. The van der Waals surface area contributed by atoms with Gasteiger partial charge < -0.3 is 10.1 Å². The lowest BCUT2D eigenvalue weighted by atomic mass is 9.98. The Hall–Kier alpha value is -3.93. The van der Waals surface area contributed by atoms with Crippen molar-refractivity contribution in [1.29, 1.82) is 0 Å². The van der Waals surface area contributed by atoms with Crippen LogP contribution in [-0.2, 0) is 40.4 Å². The highest BCUT2D eigenvalue weighted by atomic mass is 35.5. The van der Waals surface area contributed by atoms with Crippen LogP contribution in [0.1, 0.15) is 22.3 Å². The van der Waals surface area contributed by atoms with E-state index in [0.717, 1.165) is 12.1 Å². The zero-order chi connectivity index (χ0) is 30.1. The lowest BCUT2D eigenvalue weighted by Gasteiger charge is -2.30. The van der Waals surface area contributed by atoms with Gasteiger partial charge >= 0.3 is 6.18 Å². The number of ether oxygens (including phenoxy) is 1. The second kappa shape index (κ2) is 11.7. The Bertz CT molecular complexity index is 1730. The number of anilines is 1. The van der Waals surface area contributed by atoms with E-state index < -0.39 is 45.5 Å². The molecule has 5 rings (SSSR count). The van der Waals surface area contributed by atoms with Gasteiger partial charge in [-0.15, -0.1) is 0 Å². The minimum absolute atomic E-state index is 0.00221. The Morgan fingerprint density at radius 3 is 2.31 bits per heavy atom. The zero-order valence-corrected chi connectivity index (χ0v) is 23.4. The first kappa shape index (κ1) is 29.6. The third-order valence-electron chi connectivity index (χ3n) is 6.76. The molecule has 0 aromatic heterocycles. The van der Waals surface area contributed by atoms with E-state index in [4.69, 9.17) is 16.3 Å². The normalized spacial score (nSPS) is 13.8. The summed E-state index contributed by atoms with van der Waals surface area (Å²) in [7, 11) is -3.88. The van der Waals surface area contributed by atoms with Crippen LogP contribution in [0, 0.1) is 5.82 Å². The second-order valence-electron chi connectivity index (χ2n) is 9.54. The van der Waals surface area contributed by atoms with E-state index in [2.05, 4.69) is 5.32 Å². The molecule has 0 aliphatic carbocycles. The molecule has 0 saturated heterocycles. The molecule has 0 atom stereocenters. The number of amides is 1. The lowest BCUT2D eigenvalue weighted by molar-refractivity contribution is -0.140. The van der Waals surface area contributed by atoms with Crippen molar-refractivity contribution in [2.45, 2.75) is 30.5 Å². The maximum absolute atomic E-state index is 14.4. The van der Waals surface area contributed by atoms with E-state index in [9.17, 15) is 30.8 Å². The first-order valence-corrected chi connectivity index (χ1v) is 14.5. The number of sulfonamides is 1. The van der Waals surface area contributed by atoms with Crippen LogP contribution in [0.5, 0.6) is 11.5 Å². The van der Waals surface area contributed by atoms with Crippen molar-refractivity contribution in [2.75, 3.05) is 11.9 Å². The number of para-hydroxylation sites is 1. The highest BCUT2D eigenvalue weighted by Crippen LogP contribution is 2.36. The molecule has 1 aliphatic heterocycles. The standard InChI is InChI=1S/C30H23ClF4N2O4S/c31-26-14-9-20-18-37(42(39,40)23-12-10-22(11-13-23)41-21-6-2-1-3-7-21)16-15-24(20)29(26)36-27(38)17-19-5-4-8-25(28(19)32)30(33,34)35/h1-14H,15-18H2,(H,36,38). The Kier molecular flexibility index (Phi) is 8.27. The van der Waals surface area contributed by atoms with Crippen molar-refractivity contribution >= 4 is 33.2 Å². The van der Waals surface area contributed by atoms with Crippen LogP contribution in [0.25, 0.3) is 0 Å². The van der Waals surface area contributed by atoms with Gasteiger partial charge in [0.25, 0.3) is 0 Å². The minimum atomic E-state index is -4.90. The number of hydrogen-bond donors (Lipinski definition) is 1. The molecule has 0 unspecified atom stereocenters. The molecule has 0 radical (unpaired) electrons. The van der Waals surface area contributed by atoms with Gasteiger partial charge in [-0.3, -0.25) is 4.79 Å².